The van der Waals surface area contributed by atoms with E-state index in [0.717, 1.165) is 44.5 Å². The van der Waals surface area contributed by atoms with Crippen molar-refractivity contribution in [2.45, 2.75) is 53.4 Å². The Morgan fingerprint density at radius 1 is 0.824 bits per heavy atom. The highest BCUT2D eigenvalue weighted by Gasteiger charge is 2.51. The summed E-state index contributed by atoms with van der Waals surface area (Å²) in [4.78, 5) is 7.10. The second-order valence-electron chi connectivity index (χ2n) is 8.32. The van der Waals surface area contributed by atoms with Gasteiger partial charge in [0.1, 0.15) is 17.3 Å². The lowest BCUT2D eigenvalue weighted by Gasteiger charge is -2.40. The van der Waals surface area contributed by atoms with Gasteiger partial charge >= 0.3 is 6.96 Å². The third kappa shape index (κ3) is 3.88. The number of allylic oxidation sites excluding steroid dienone is 3. The summed E-state index contributed by atoms with van der Waals surface area (Å²) in [5.74, 6) is 2.54. The SMILES string of the molecule is CCC1=C(CC)/C(=C2\C=C(c3[nH]c(I)c(CC)c3CC)O[B-]3(O2)Oc2ccccc2O3)[NH+]=C1I. The summed E-state index contributed by atoms with van der Waals surface area (Å²) in [5, 5.41) is 0. The lowest BCUT2D eigenvalue weighted by molar-refractivity contribution is -0.386. The first-order valence-corrected chi connectivity index (χ1v) is 13.9. The Labute approximate surface area is 227 Å². The molecule has 3 aliphatic heterocycles. The lowest BCUT2D eigenvalue weighted by Crippen LogP contribution is -2.68. The number of hydrogen-bond donors (Lipinski definition) is 2. The topological polar surface area (TPSA) is 66.7 Å². The predicted octanol–water partition coefficient (Wildman–Crippen LogP) is 5.29. The van der Waals surface area contributed by atoms with Gasteiger partial charge < -0.3 is 23.6 Å². The standard InChI is InChI=1S/C25H26BI2N2O4/c1-5-14-16(7-3)24(27)29-22(14)20-13-21(23-15(6-2)17(8-4)25(28)30-23)34-26(33-20)31-18-11-9-10-12-19(18)32-26/h9-13,29H,5-8H2,1-4H3/q-1/p+1/b23-21-. The number of benzene rings is 1. The molecule has 1 aromatic heterocycles. The molecule has 0 radical (unpaired) electrons. The summed E-state index contributed by atoms with van der Waals surface area (Å²) in [5.41, 5.74) is 7.00. The molecule has 0 fully saturated rings. The van der Waals surface area contributed by atoms with E-state index in [0.29, 0.717) is 23.0 Å². The maximum Gasteiger partial charge on any atom is 0.777 e. The molecule has 0 aliphatic carbocycles. The molecule has 0 bridgehead atoms. The van der Waals surface area contributed by atoms with E-state index in [1.165, 1.54) is 22.3 Å². The van der Waals surface area contributed by atoms with E-state index >= 15 is 0 Å². The van der Waals surface area contributed by atoms with Gasteiger partial charge in [-0.3, -0.25) is 0 Å². The Hall–Kier alpha value is -1.89. The van der Waals surface area contributed by atoms with Crippen LogP contribution in [0.25, 0.3) is 5.76 Å². The Kier molecular flexibility index (Phi) is 6.51. The first kappa shape index (κ1) is 23.8. The zero-order valence-corrected chi connectivity index (χ0v) is 24.0. The summed E-state index contributed by atoms with van der Waals surface area (Å²) in [6.45, 7) is 6.13. The maximum atomic E-state index is 6.43. The van der Waals surface area contributed by atoms with Crippen molar-refractivity contribution in [3.05, 3.63) is 73.5 Å². The van der Waals surface area contributed by atoms with E-state index in [1.54, 1.807) is 0 Å². The van der Waals surface area contributed by atoms with E-state index in [9.17, 15) is 0 Å². The second-order valence-corrected chi connectivity index (χ2v) is 10.5. The molecule has 0 saturated heterocycles. The van der Waals surface area contributed by atoms with Crippen molar-refractivity contribution in [2.75, 3.05) is 0 Å². The molecule has 0 atom stereocenters. The number of nitrogens with one attached hydrogen (secondary N) is 2. The highest BCUT2D eigenvalue weighted by atomic mass is 127. The van der Waals surface area contributed by atoms with Crippen molar-refractivity contribution in [1.29, 1.82) is 0 Å². The van der Waals surface area contributed by atoms with Crippen LogP contribution in [-0.2, 0) is 22.2 Å². The molecule has 6 nitrogen and oxygen atoms in total. The van der Waals surface area contributed by atoms with Gasteiger partial charge in [-0.25, -0.2) is 0 Å². The van der Waals surface area contributed by atoms with Crippen LogP contribution in [0, 0.1) is 3.70 Å². The van der Waals surface area contributed by atoms with Crippen molar-refractivity contribution in [1.82, 2.24) is 4.98 Å². The first-order chi connectivity index (χ1) is 16.4. The van der Waals surface area contributed by atoms with Crippen LogP contribution < -0.4 is 14.3 Å². The summed E-state index contributed by atoms with van der Waals surface area (Å²) < 4.78 is 27.5. The Morgan fingerprint density at radius 2 is 1.47 bits per heavy atom. The molecular formula is C25H27BI2N2O4. The number of aromatic nitrogens is 1. The number of aromatic amines is 1. The molecule has 178 valence electrons. The van der Waals surface area contributed by atoms with Gasteiger partial charge in [-0.1, -0.05) is 39.8 Å². The Morgan fingerprint density at radius 3 is 2.06 bits per heavy atom. The summed E-state index contributed by atoms with van der Waals surface area (Å²) in [7, 11) is 0. The van der Waals surface area contributed by atoms with Crippen molar-refractivity contribution >= 4 is 61.6 Å². The Balaban J connectivity index is 1.69. The van der Waals surface area contributed by atoms with E-state index in [4.69, 9.17) is 18.6 Å². The van der Waals surface area contributed by atoms with Crippen molar-refractivity contribution in [3.63, 3.8) is 0 Å². The third-order valence-corrected chi connectivity index (χ3v) is 8.28. The first-order valence-electron chi connectivity index (χ1n) is 11.8. The molecule has 5 rings (SSSR count). The van der Waals surface area contributed by atoms with Gasteiger partial charge in [-0.05, 0) is 71.5 Å². The molecule has 0 unspecified atom stereocenters. The number of para-hydroxylation sites is 2. The number of hydrogen-bond acceptors (Lipinski definition) is 4. The number of H-pyrrole nitrogens is 1. The fourth-order valence-corrected chi connectivity index (χ4v) is 6.84. The molecule has 2 N–H and O–H groups in total. The summed E-state index contributed by atoms with van der Waals surface area (Å²) in [6, 6.07) is 7.55. The van der Waals surface area contributed by atoms with Gasteiger partial charge in [0.05, 0.1) is 9.39 Å². The Bertz CT molecular complexity index is 1270. The minimum atomic E-state index is -2.56. The number of halogens is 2. The molecular weight excluding hydrogens is 657 g/mol. The smallest absolute Gasteiger partial charge is 0.610 e. The quantitative estimate of drug-likeness (QED) is 0.332. The van der Waals surface area contributed by atoms with E-state index in [2.05, 4.69) is 82.9 Å². The van der Waals surface area contributed by atoms with E-state index < -0.39 is 6.96 Å². The van der Waals surface area contributed by atoms with Gasteiger partial charge in [0.15, 0.2) is 5.76 Å². The zero-order valence-electron chi connectivity index (χ0n) is 19.7. The van der Waals surface area contributed by atoms with Crippen LogP contribution in [0.2, 0.25) is 0 Å². The fraction of sp³-hybridized carbons (Fsp3) is 0.320. The van der Waals surface area contributed by atoms with Crippen LogP contribution in [-0.4, -0.2) is 15.7 Å². The normalized spacial score (nSPS) is 20.4. The van der Waals surface area contributed by atoms with Gasteiger partial charge in [0, 0.05) is 39.8 Å². The van der Waals surface area contributed by atoms with Crippen LogP contribution in [0.3, 0.4) is 0 Å². The molecule has 1 spiro atoms. The van der Waals surface area contributed by atoms with Crippen molar-refractivity contribution in [3.8, 4) is 11.5 Å². The predicted molar refractivity (Wildman–Crippen MR) is 150 cm³/mol. The lowest BCUT2D eigenvalue weighted by atomic mass is 9.97. The van der Waals surface area contributed by atoms with Crippen molar-refractivity contribution in [2.24, 2.45) is 0 Å². The highest BCUT2D eigenvalue weighted by Crippen LogP contribution is 2.44. The molecule has 2 aromatic rings. The van der Waals surface area contributed by atoms with Crippen LogP contribution in [0.4, 0.5) is 0 Å². The van der Waals surface area contributed by atoms with Crippen LogP contribution in [0.15, 0.2) is 52.9 Å². The molecule has 0 amide bonds. The molecule has 34 heavy (non-hydrogen) atoms. The molecule has 1 aromatic carbocycles. The average Bonchev–Trinajstić information content (AvgIpc) is 3.47. The molecule has 4 heterocycles. The maximum absolute atomic E-state index is 6.43. The number of rotatable bonds is 5. The summed E-state index contributed by atoms with van der Waals surface area (Å²) in [6.07, 6.45) is 5.63. The van der Waals surface area contributed by atoms with Gasteiger partial charge in [-0.2, -0.15) is 4.99 Å². The molecule has 3 aliphatic rings. The van der Waals surface area contributed by atoms with E-state index in [-0.39, 0.29) is 0 Å². The highest BCUT2D eigenvalue weighted by molar-refractivity contribution is 14.1. The monoisotopic (exact) mass is 684 g/mol. The molecule has 0 saturated carbocycles. The largest absolute Gasteiger partial charge is 0.777 e. The average molecular weight is 684 g/mol. The van der Waals surface area contributed by atoms with Gasteiger partial charge in [0.25, 0.3) is 0 Å². The molecule has 9 heteroatoms. The van der Waals surface area contributed by atoms with Gasteiger partial charge in [-0.15, -0.1) is 0 Å². The van der Waals surface area contributed by atoms with Crippen LogP contribution in [0.5, 0.6) is 11.5 Å². The van der Waals surface area contributed by atoms with Gasteiger partial charge in [0.2, 0.25) is 9.42 Å². The third-order valence-electron chi connectivity index (χ3n) is 6.44. The number of fused-ring (bicyclic) bond motifs is 1. The summed E-state index contributed by atoms with van der Waals surface area (Å²) >= 11 is 4.73. The van der Waals surface area contributed by atoms with E-state index in [1.807, 2.05) is 30.3 Å². The minimum Gasteiger partial charge on any atom is -0.610 e. The fourth-order valence-electron chi connectivity index (χ4n) is 4.89. The van der Waals surface area contributed by atoms with Crippen LogP contribution >= 0.6 is 45.2 Å². The van der Waals surface area contributed by atoms with Crippen molar-refractivity contribution < 1.29 is 23.6 Å². The second kappa shape index (κ2) is 9.29. The minimum absolute atomic E-state index is 0.611. The van der Waals surface area contributed by atoms with Crippen LogP contribution in [0.1, 0.15) is 57.4 Å². The zero-order chi connectivity index (χ0) is 24.0.